The third-order valence-corrected chi connectivity index (χ3v) is 6.22. The van der Waals surface area contributed by atoms with E-state index < -0.39 is 23.5 Å². The number of anilines is 1. The fraction of sp³-hybridized carbons (Fsp3) is 0.304. The van der Waals surface area contributed by atoms with Gasteiger partial charge in [0.15, 0.2) is 11.0 Å². The van der Waals surface area contributed by atoms with Crippen LogP contribution in [0.4, 0.5) is 11.4 Å². The SMILES string of the molecule is CCn1c(SCC(=O)Nc2cc([N+](=O)[O-])ccc2C)nnc1[C@H](CO)NC(=O)c1ccc(OC)cc1. The second-order valence-corrected chi connectivity index (χ2v) is 8.56. The van der Waals surface area contributed by atoms with Gasteiger partial charge in [0.1, 0.15) is 11.8 Å². The van der Waals surface area contributed by atoms with Gasteiger partial charge in [0, 0.05) is 24.2 Å². The first-order valence-electron chi connectivity index (χ1n) is 10.9. The zero-order chi connectivity index (χ0) is 26.2. The summed E-state index contributed by atoms with van der Waals surface area (Å²) in [6.07, 6.45) is 0. The Labute approximate surface area is 211 Å². The van der Waals surface area contributed by atoms with Crippen LogP contribution in [0, 0.1) is 17.0 Å². The van der Waals surface area contributed by atoms with Gasteiger partial charge in [-0.15, -0.1) is 10.2 Å². The van der Waals surface area contributed by atoms with E-state index in [1.165, 1.54) is 19.2 Å². The van der Waals surface area contributed by atoms with Crippen LogP contribution in [0.1, 0.15) is 34.7 Å². The van der Waals surface area contributed by atoms with Gasteiger partial charge in [0.05, 0.1) is 30.1 Å². The normalized spacial score (nSPS) is 11.6. The average Bonchev–Trinajstić information content (AvgIpc) is 3.29. The fourth-order valence-corrected chi connectivity index (χ4v) is 4.12. The average molecular weight is 515 g/mol. The second-order valence-electron chi connectivity index (χ2n) is 7.62. The van der Waals surface area contributed by atoms with Crippen molar-refractivity contribution in [2.75, 3.05) is 24.8 Å². The molecule has 0 saturated heterocycles. The smallest absolute Gasteiger partial charge is 0.271 e. The number of amides is 2. The Morgan fingerprint density at radius 3 is 2.56 bits per heavy atom. The lowest BCUT2D eigenvalue weighted by Crippen LogP contribution is -2.32. The number of nitro benzene ring substituents is 1. The van der Waals surface area contributed by atoms with E-state index in [4.69, 9.17) is 4.74 Å². The number of carbonyl (C=O) groups excluding carboxylic acids is 2. The summed E-state index contributed by atoms with van der Waals surface area (Å²) in [7, 11) is 1.53. The maximum Gasteiger partial charge on any atom is 0.271 e. The van der Waals surface area contributed by atoms with E-state index in [1.54, 1.807) is 41.8 Å². The van der Waals surface area contributed by atoms with Crippen molar-refractivity contribution in [2.45, 2.75) is 31.6 Å². The molecule has 0 saturated carbocycles. The predicted molar refractivity (Wildman–Crippen MR) is 133 cm³/mol. The topological polar surface area (TPSA) is 162 Å². The lowest BCUT2D eigenvalue weighted by Gasteiger charge is -2.17. The number of ether oxygens (including phenoxy) is 1. The quantitative estimate of drug-likeness (QED) is 0.198. The molecule has 1 atom stereocenters. The Morgan fingerprint density at radius 1 is 1.22 bits per heavy atom. The predicted octanol–water partition coefficient (Wildman–Crippen LogP) is 2.72. The third kappa shape index (κ3) is 6.37. The first kappa shape index (κ1) is 26.6. The molecule has 0 unspecified atom stereocenters. The van der Waals surface area contributed by atoms with Gasteiger partial charge in [0.25, 0.3) is 11.6 Å². The molecule has 0 bridgehead atoms. The molecule has 0 aliphatic rings. The highest BCUT2D eigenvalue weighted by molar-refractivity contribution is 7.99. The van der Waals surface area contributed by atoms with Crippen molar-refractivity contribution in [1.82, 2.24) is 20.1 Å². The molecule has 36 heavy (non-hydrogen) atoms. The van der Waals surface area contributed by atoms with E-state index >= 15 is 0 Å². The molecular weight excluding hydrogens is 488 g/mol. The van der Waals surface area contributed by atoms with Gasteiger partial charge >= 0.3 is 0 Å². The Morgan fingerprint density at radius 2 is 1.94 bits per heavy atom. The lowest BCUT2D eigenvalue weighted by molar-refractivity contribution is -0.384. The molecule has 12 nitrogen and oxygen atoms in total. The van der Waals surface area contributed by atoms with Gasteiger partial charge in [-0.25, -0.2) is 0 Å². The van der Waals surface area contributed by atoms with Crippen molar-refractivity contribution in [3.05, 3.63) is 69.5 Å². The summed E-state index contributed by atoms with van der Waals surface area (Å²) in [5.41, 5.74) is 1.32. The van der Waals surface area contributed by atoms with Crippen molar-refractivity contribution >= 4 is 35.0 Å². The maximum absolute atomic E-state index is 12.7. The second kappa shape index (κ2) is 12.1. The molecule has 0 aliphatic carbocycles. The molecule has 0 spiro atoms. The van der Waals surface area contributed by atoms with Crippen molar-refractivity contribution < 1.29 is 24.4 Å². The molecule has 3 aromatic rings. The molecule has 2 aromatic carbocycles. The molecular formula is C23H26N6O6S. The molecule has 0 aliphatic heterocycles. The molecule has 3 N–H and O–H groups in total. The summed E-state index contributed by atoms with van der Waals surface area (Å²) in [6.45, 7) is 3.62. The summed E-state index contributed by atoms with van der Waals surface area (Å²) in [5.74, 6) is 0.162. The van der Waals surface area contributed by atoms with Crippen LogP contribution in [0.15, 0.2) is 47.6 Å². The fourth-order valence-electron chi connectivity index (χ4n) is 3.31. The van der Waals surface area contributed by atoms with E-state index in [0.29, 0.717) is 40.1 Å². The zero-order valence-electron chi connectivity index (χ0n) is 19.9. The Hall–Kier alpha value is -3.97. The minimum Gasteiger partial charge on any atom is -0.497 e. The van der Waals surface area contributed by atoms with Crippen LogP contribution < -0.4 is 15.4 Å². The number of methoxy groups -OCH3 is 1. The highest BCUT2D eigenvalue weighted by atomic mass is 32.2. The number of nitro groups is 1. The maximum atomic E-state index is 12.7. The van der Waals surface area contributed by atoms with E-state index in [1.807, 2.05) is 6.92 Å². The molecule has 3 rings (SSSR count). The number of aliphatic hydroxyl groups is 1. The number of carbonyl (C=O) groups is 2. The monoisotopic (exact) mass is 514 g/mol. The third-order valence-electron chi connectivity index (χ3n) is 5.25. The zero-order valence-corrected chi connectivity index (χ0v) is 20.7. The molecule has 190 valence electrons. The van der Waals surface area contributed by atoms with Gasteiger partial charge < -0.3 is 25.0 Å². The number of non-ortho nitro benzene ring substituents is 1. The molecule has 0 radical (unpaired) electrons. The van der Waals surface area contributed by atoms with Crippen LogP contribution >= 0.6 is 11.8 Å². The van der Waals surface area contributed by atoms with E-state index in [-0.39, 0.29) is 17.3 Å². The summed E-state index contributed by atoms with van der Waals surface area (Å²) in [4.78, 5) is 35.6. The van der Waals surface area contributed by atoms with Crippen LogP contribution in [0.2, 0.25) is 0 Å². The van der Waals surface area contributed by atoms with Crippen LogP contribution in [-0.2, 0) is 11.3 Å². The van der Waals surface area contributed by atoms with Crippen LogP contribution in [0.25, 0.3) is 0 Å². The largest absolute Gasteiger partial charge is 0.497 e. The van der Waals surface area contributed by atoms with Gasteiger partial charge in [-0.2, -0.15) is 0 Å². The molecule has 0 fully saturated rings. The van der Waals surface area contributed by atoms with Gasteiger partial charge in [0.2, 0.25) is 5.91 Å². The highest BCUT2D eigenvalue weighted by Gasteiger charge is 2.23. The summed E-state index contributed by atoms with van der Waals surface area (Å²) in [6, 6.07) is 9.96. The number of thioether (sulfide) groups is 1. The van der Waals surface area contributed by atoms with Crippen LogP contribution in [0.3, 0.4) is 0 Å². The number of rotatable bonds is 11. The minimum absolute atomic E-state index is 0.0255. The van der Waals surface area contributed by atoms with E-state index in [0.717, 1.165) is 11.8 Å². The van der Waals surface area contributed by atoms with Crippen molar-refractivity contribution in [3.8, 4) is 5.75 Å². The van der Waals surface area contributed by atoms with Crippen molar-refractivity contribution in [2.24, 2.45) is 0 Å². The summed E-state index contributed by atoms with van der Waals surface area (Å²) in [5, 5.41) is 35.0. The van der Waals surface area contributed by atoms with Gasteiger partial charge in [-0.3, -0.25) is 19.7 Å². The molecule has 2 amide bonds. The standard InChI is InChI=1S/C23H26N6O6S/c1-4-28-21(19(12-30)25-22(32)15-6-9-17(35-3)10-7-15)26-27-23(28)36-13-20(31)24-18-11-16(29(33)34)8-5-14(18)2/h5-11,19,30H,4,12-13H2,1-3H3,(H,24,31)(H,25,32)/t19-/m0/s1. The number of hydrogen-bond donors (Lipinski definition) is 3. The number of nitrogens with one attached hydrogen (secondary N) is 2. The lowest BCUT2D eigenvalue weighted by atomic mass is 10.2. The van der Waals surface area contributed by atoms with Gasteiger partial charge in [-0.05, 0) is 43.7 Å². The van der Waals surface area contributed by atoms with Gasteiger partial charge in [-0.1, -0.05) is 17.8 Å². The molecule has 1 aromatic heterocycles. The first-order valence-corrected chi connectivity index (χ1v) is 11.9. The van der Waals surface area contributed by atoms with E-state index in [9.17, 15) is 24.8 Å². The Bertz CT molecular complexity index is 1250. The minimum atomic E-state index is -0.817. The first-order chi connectivity index (χ1) is 17.3. The molecule has 1 heterocycles. The number of hydrogen-bond acceptors (Lipinski definition) is 9. The Kier molecular flexibility index (Phi) is 8.97. The van der Waals surface area contributed by atoms with E-state index in [2.05, 4.69) is 20.8 Å². The number of aromatic nitrogens is 3. The number of aliphatic hydroxyl groups excluding tert-OH is 1. The number of benzene rings is 2. The van der Waals surface area contributed by atoms with Crippen molar-refractivity contribution in [1.29, 1.82) is 0 Å². The number of nitrogens with zero attached hydrogens (tertiary/aromatic N) is 4. The summed E-state index contributed by atoms with van der Waals surface area (Å²) >= 11 is 1.12. The van der Waals surface area contributed by atoms with Crippen LogP contribution in [-0.4, -0.2) is 56.1 Å². The summed E-state index contributed by atoms with van der Waals surface area (Å²) < 4.78 is 6.80. The van der Waals surface area contributed by atoms with Crippen molar-refractivity contribution in [3.63, 3.8) is 0 Å². The highest BCUT2D eigenvalue weighted by Crippen LogP contribution is 2.24. The Balaban J connectivity index is 1.67. The number of aryl methyl sites for hydroxylation is 1. The van der Waals surface area contributed by atoms with Crippen LogP contribution in [0.5, 0.6) is 5.75 Å². The molecule has 13 heteroatoms.